The van der Waals surface area contributed by atoms with Crippen LogP contribution in [0.1, 0.15) is 54.1 Å². The van der Waals surface area contributed by atoms with Gasteiger partial charge in [-0.3, -0.25) is 14.4 Å². The quantitative estimate of drug-likeness (QED) is 0.271. The number of carbonyl (C=O) groups excluding carboxylic acids is 3. The first kappa shape index (κ1) is 33.1. The zero-order chi connectivity index (χ0) is 33.0. The Bertz CT molecular complexity index is 1540. The SMILES string of the molecule is Cc1cccc(C)c1CNC(=O)[C@H]1N(C(=O)[C@@H](O)C[C@@H](Cc2ccccc2)C(=O)N[C@H]2c3ccccc3OC[C@H]2O)COC1(C)C. The van der Waals surface area contributed by atoms with Gasteiger partial charge in [0.15, 0.2) is 0 Å². The molecule has 0 spiro atoms. The summed E-state index contributed by atoms with van der Waals surface area (Å²) in [7, 11) is 0. The van der Waals surface area contributed by atoms with Crippen LogP contribution in [0.15, 0.2) is 72.8 Å². The molecule has 4 N–H and O–H groups in total. The smallest absolute Gasteiger partial charge is 0.254 e. The molecule has 5 rings (SSSR count). The van der Waals surface area contributed by atoms with Crippen LogP contribution >= 0.6 is 0 Å². The molecule has 0 aliphatic carbocycles. The van der Waals surface area contributed by atoms with Crippen molar-refractivity contribution in [1.82, 2.24) is 15.5 Å². The number of benzene rings is 3. The number of nitrogens with one attached hydrogen (secondary N) is 2. The first-order valence-corrected chi connectivity index (χ1v) is 15.7. The van der Waals surface area contributed by atoms with Crippen molar-refractivity contribution in [1.29, 1.82) is 0 Å². The van der Waals surface area contributed by atoms with Crippen LogP contribution in [0.25, 0.3) is 0 Å². The second-order valence-electron chi connectivity index (χ2n) is 12.7. The lowest BCUT2D eigenvalue weighted by atomic mass is 9.90. The second kappa shape index (κ2) is 14.0. The van der Waals surface area contributed by atoms with Crippen LogP contribution in [0.5, 0.6) is 5.75 Å². The molecule has 46 heavy (non-hydrogen) atoms. The van der Waals surface area contributed by atoms with E-state index in [0.717, 1.165) is 22.3 Å². The predicted octanol–water partition coefficient (Wildman–Crippen LogP) is 3.10. The maximum absolute atomic E-state index is 13.8. The number of aryl methyl sites for hydroxylation is 2. The van der Waals surface area contributed by atoms with Gasteiger partial charge in [0, 0.05) is 18.0 Å². The summed E-state index contributed by atoms with van der Waals surface area (Å²) in [6, 6.07) is 20.7. The summed E-state index contributed by atoms with van der Waals surface area (Å²) in [5, 5.41) is 27.9. The van der Waals surface area contributed by atoms with E-state index in [1.165, 1.54) is 4.90 Å². The van der Waals surface area contributed by atoms with E-state index >= 15 is 0 Å². The van der Waals surface area contributed by atoms with Crippen LogP contribution in [0, 0.1) is 19.8 Å². The summed E-state index contributed by atoms with van der Waals surface area (Å²) < 4.78 is 11.5. The van der Waals surface area contributed by atoms with Crippen molar-refractivity contribution in [2.45, 2.75) is 77.0 Å². The van der Waals surface area contributed by atoms with Crippen molar-refractivity contribution in [3.05, 3.63) is 101 Å². The Balaban J connectivity index is 1.32. The van der Waals surface area contributed by atoms with Crippen LogP contribution in [0.2, 0.25) is 0 Å². The van der Waals surface area contributed by atoms with Crippen LogP contribution in [0.3, 0.4) is 0 Å². The lowest BCUT2D eigenvalue weighted by molar-refractivity contribution is -0.147. The highest BCUT2D eigenvalue weighted by Crippen LogP contribution is 2.33. The predicted molar refractivity (Wildman–Crippen MR) is 172 cm³/mol. The fraction of sp³-hybridized carbons (Fsp3) is 0.417. The normalized spacial score (nSPS) is 21.4. The summed E-state index contributed by atoms with van der Waals surface area (Å²) in [5.41, 5.74) is 3.58. The van der Waals surface area contributed by atoms with Crippen LogP contribution < -0.4 is 15.4 Å². The largest absolute Gasteiger partial charge is 0.490 e. The van der Waals surface area contributed by atoms with E-state index < -0.39 is 53.5 Å². The number of rotatable bonds is 10. The van der Waals surface area contributed by atoms with E-state index in [9.17, 15) is 24.6 Å². The highest BCUT2D eigenvalue weighted by molar-refractivity contribution is 5.91. The third-order valence-corrected chi connectivity index (χ3v) is 9.00. The molecule has 0 unspecified atom stereocenters. The Morgan fingerprint density at radius 1 is 0.978 bits per heavy atom. The molecule has 2 aliphatic rings. The van der Waals surface area contributed by atoms with Gasteiger partial charge in [-0.2, -0.15) is 0 Å². The van der Waals surface area contributed by atoms with E-state index in [0.29, 0.717) is 11.3 Å². The maximum Gasteiger partial charge on any atom is 0.254 e. The summed E-state index contributed by atoms with van der Waals surface area (Å²) in [4.78, 5) is 42.4. The Morgan fingerprint density at radius 2 is 1.65 bits per heavy atom. The fourth-order valence-electron chi connectivity index (χ4n) is 6.35. The fourth-order valence-corrected chi connectivity index (χ4v) is 6.35. The molecule has 0 bridgehead atoms. The van der Waals surface area contributed by atoms with Gasteiger partial charge in [-0.15, -0.1) is 0 Å². The van der Waals surface area contributed by atoms with Gasteiger partial charge in [0.05, 0.1) is 11.6 Å². The summed E-state index contributed by atoms with van der Waals surface area (Å²) in [5.74, 6) is -1.75. The molecule has 3 amide bonds. The lowest BCUT2D eigenvalue weighted by Gasteiger charge is -2.33. The standard InChI is InChI=1S/C36H43N3O7/c1-22-11-10-12-23(2)27(22)19-37-34(43)32-36(3,4)46-21-39(32)35(44)28(40)18-25(17-24-13-6-5-7-14-24)33(42)38-31-26-15-8-9-16-30(26)45-20-29(31)41/h5-16,25,28-29,31-32,40-41H,17-21H2,1-4H3,(H,37,43)(H,38,42)/t25-,28+,29-,31+,32-/m1/s1. The van der Waals surface area contributed by atoms with Crippen LogP contribution in [-0.4, -0.2) is 70.0 Å². The van der Waals surface area contributed by atoms with Gasteiger partial charge in [-0.05, 0) is 68.9 Å². The molecule has 1 saturated heterocycles. The molecular weight excluding hydrogens is 586 g/mol. The Hall–Kier alpha value is -4.25. The number of ether oxygens (including phenoxy) is 2. The van der Waals surface area contributed by atoms with E-state index in [4.69, 9.17) is 9.47 Å². The van der Waals surface area contributed by atoms with E-state index in [1.54, 1.807) is 32.0 Å². The average molecular weight is 630 g/mol. The van der Waals surface area contributed by atoms with Crippen LogP contribution in [0.4, 0.5) is 0 Å². The summed E-state index contributed by atoms with van der Waals surface area (Å²) in [6.45, 7) is 7.56. The van der Waals surface area contributed by atoms with Crippen molar-refractivity contribution in [2.75, 3.05) is 13.3 Å². The van der Waals surface area contributed by atoms with E-state index in [-0.39, 0.29) is 32.7 Å². The number of aliphatic hydroxyl groups is 2. The van der Waals surface area contributed by atoms with Crippen molar-refractivity contribution in [3.8, 4) is 5.75 Å². The number of amides is 3. The Labute approximate surface area is 269 Å². The molecule has 0 aromatic heterocycles. The topological polar surface area (TPSA) is 137 Å². The molecule has 10 nitrogen and oxygen atoms in total. The lowest BCUT2D eigenvalue weighted by Crippen LogP contribution is -2.55. The van der Waals surface area contributed by atoms with E-state index in [2.05, 4.69) is 10.6 Å². The number of para-hydroxylation sites is 1. The zero-order valence-electron chi connectivity index (χ0n) is 26.7. The zero-order valence-corrected chi connectivity index (χ0v) is 26.7. The molecule has 2 heterocycles. The first-order chi connectivity index (χ1) is 22.0. The van der Waals surface area contributed by atoms with Crippen molar-refractivity contribution >= 4 is 17.7 Å². The number of fused-ring (bicyclic) bond motifs is 1. The third-order valence-electron chi connectivity index (χ3n) is 9.00. The van der Waals surface area contributed by atoms with Gasteiger partial charge in [0.25, 0.3) is 5.91 Å². The number of carbonyl (C=O) groups is 3. The monoisotopic (exact) mass is 629 g/mol. The molecule has 5 atom stereocenters. The highest BCUT2D eigenvalue weighted by Gasteiger charge is 2.49. The molecular formula is C36H43N3O7. The summed E-state index contributed by atoms with van der Waals surface area (Å²) in [6.07, 6.45) is -2.51. The third kappa shape index (κ3) is 7.25. The van der Waals surface area contributed by atoms with Crippen molar-refractivity contribution in [2.24, 2.45) is 5.92 Å². The second-order valence-corrected chi connectivity index (χ2v) is 12.7. The molecule has 244 valence electrons. The number of hydrogen-bond donors (Lipinski definition) is 4. The van der Waals surface area contributed by atoms with Crippen LogP contribution in [-0.2, 0) is 32.1 Å². The minimum Gasteiger partial charge on any atom is -0.490 e. The van der Waals surface area contributed by atoms with Gasteiger partial charge in [-0.25, -0.2) is 0 Å². The van der Waals surface area contributed by atoms with Gasteiger partial charge >= 0.3 is 0 Å². The maximum atomic E-state index is 13.8. The van der Waals surface area contributed by atoms with Gasteiger partial charge in [0.1, 0.15) is 37.3 Å². The molecule has 3 aromatic carbocycles. The van der Waals surface area contributed by atoms with Crippen molar-refractivity contribution in [3.63, 3.8) is 0 Å². The number of aliphatic hydroxyl groups excluding tert-OH is 2. The average Bonchev–Trinajstić information content (AvgIpc) is 3.36. The number of hydrogen-bond acceptors (Lipinski definition) is 7. The molecule has 3 aromatic rings. The molecule has 1 fully saturated rings. The molecule has 0 radical (unpaired) electrons. The molecule has 10 heteroatoms. The van der Waals surface area contributed by atoms with Gasteiger partial charge < -0.3 is 35.2 Å². The highest BCUT2D eigenvalue weighted by atomic mass is 16.5. The first-order valence-electron chi connectivity index (χ1n) is 15.7. The van der Waals surface area contributed by atoms with Crippen molar-refractivity contribution < 1.29 is 34.1 Å². The van der Waals surface area contributed by atoms with Gasteiger partial charge in [-0.1, -0.05) is 66.7 Å². The van der Waals surface area contributed by atoms with Gasteiger partial charge in [0.2, 0.25) is 11.8 Å². The Kier molecular flexibility index (Phi) is 10.1. The minimum atomic E-state index is -1.59. The molecule has 0 saturated carbocycles. The van der Waals surface area contributed by atoms with E-state index in [1.807, 2.05) is 68.4 Å². The number of nitrogens with zero attached hydrogens (tertiary/aromatic N) is 1. The minimum absolute atomic E-state index is 0.0179. The Morgan fingerprint density at radius 3 is 2.37 bits per heavy atom. The molecule has 2 aliphatic heterocycles. The summed E-state index contributed by atoms with van der Waals surface area (Å²) >= 11 is 0.